The number of carboxylic acid groups (broad SMARTS) is 1. The molecule has 116 valence electrons. The molecule has 0 bridgehead atoms. The first-order valence-corrected chi connectivity index (χ1v) is 6.83. The fourth-order valence-electron chi connectivity index (χ4n) is 1.27. The van der Waals surface area contributed by atoms with Crippen LogP contribution in [0.15, 0.2) is 17.3 Å². The second-order valence-corrected chi connectivity index (χ2v) is 5.33. The van der Waals surface area contributed by atoms with Crippen molar-refractivity contribution >= 4 is 35.2 Å². The summed E-state index contributed by atoms with van der Waals surface area (Å²) < 4.78 is 37.3. The number of carboxylic acids is 1. The number of carbonyl (C=O) groups is 2. The Labute approximate surface area is 126 Å². The molecule has 0 saturated heterocycles. The van der Waals surface area contributed by atoms with Gasteiger partial charge in [0.15, 0.2) is 0 Å². The van der Waals surface area contributed by atoms with E-state index in [1.807, 2.05) is 0 Å². The van der Waals surface area contributed by atoms with E-state index in [1.165, 1.54) is 0 Å². The SMILES string of the molecule is CC(=O)NC(CSc1ncc(C(F)(F)F)cc1Cl)C(=O)O. The van der Waals surface area contributed by atoms with Gasteiger partial charge in [0, 0.05) is 18.9 Å². The third-order valence-electron chi connectivity index (χ3n) is 2.20. The van der Waals surface area contributed by atoms with Crippen molar-refractivity contribution in [1.82, 2.24) is 10.3 Å². The van der Waals surface area contributed by atoms with E-state index in [-0.39, 0.29) is 15.8 Å². The summed E-state index contributed by atoms with van der Waals surface area (Å²) in [6.07, 6.45) is -3.94. The topological polar surface area (TPSA) is 79.3 Å². The lowest BCUT2D eigenvalue weighted by atomic mass is 10.3. The lowest BCUT2D eigenvalue weighted by molar-refractivity contribution is -0.140. The van der Waals surface area contributed by atoms with Crippen LogP contribution in [-0.2, 0) is 15.8 Å². The van der Waals surface area contributed by atoms with Gasteiger partial charge >= 0.3 is 12.1 Å². The number of hydrogen-bond donors (Lipinski definition) is 2. The van der Waals surface area contributed by atoms with Gasteiger partial charge in [0.2, 0.25) is 5.91 Å². The molecule has 1 aromatic heterocycles. The van der Waals surface area contributed by atoms with Crippen LogP contribution < -0.4 is 5.32 Å². The van der Waals surface area contributed by atoms with Crippen molar-refractivity contribution in [3.05, 3.63) is 22.8 Å². The first-order chi connectivity index (χ1) is 9.61. The second-order valence-electron chi connectivity index (χ2n) is 3.91. The molecular weight excluding hydrogens is 333 g/mol. The maximum absolute atomic E-state index is 12.4. The maximum Gasteiger partial charge on any atom is 0.417 e. The molecular formula is C11H10ClF3N2O3S. The van der Waals surface area contributed by atoms with Crippen LogP contribution >= 0.6 is 23.4 Å². The van der Waals surface area contributed by atoms with Gasteiger partial charge in [-0.1, -0.05) is 11.6 Å². The molecule has 10 heteroatoms. The van der Waals surface area contributed by atoms with Crippen LogP contribution in [0.3, 0.4) is 0 Å². The number of nitrogens with one attached hydrogen (secondary N) is 1. The summed E-state index contributed by atoms with van der Waals surface area (Å²) in [5, 5.41) is 10.9. The Morgan fingerprint density at radius 1 is 1.52 bits per heavy atom. The zero-order valence-electron chi connectivity index (χ0n) is 10.6. The Kier molecular flexibility index (Phi) is 5.85. The Bertz CT molecular complexity index is 554. The van der Waals surface area contributed by atoms with E-state index in [1.54, 1.807) is 0 Å². The largest absolute Gasteiger partial charge is 0.480 e. The number of nitrogens with zero attached hydrogens (tertiary/aromatic N) is 1. The van der Waals surface area contributed by atoms with Crippen molar-refractivity contribution in [2.24, 2.45) is 0 Å². The van der Waals surface area contributed by atoms with Crippen LogP contribution in [0.25, 0.3) is 0 Å². The van der Waals surface area contributed by atoms with Gasteiger partial charge in [0.1, 0.15) is 11.1 Å². The van der Waals surface area contributed by atoms with Crippen molar-refractivity contribution < 1.29 is 27.9 Å². The molecule has 0 aliphatic carbocycles. The minimum atomic E-state index is -4.56. The van der Waals surface area contributed by atoms with Crippen LogP contribution in [0, 0.1) is 0 Å². The molecule has 1 aromatic rings. The molecule has 1 heterocycles. The average molecular weight is 343 g/mol. The molecule has 1 unspecified atom stereocenters. The second kappa shape index (κ2) is 6.99. The lowest BCUT2D eigenvalue weighted by Gasteiger charge is -2.13. The van der Waals surface area contributed by atoms with Crippen molar-refractivity contribution in [2.45, 2.75) is 24.2 Å². The van der Waals surface area contributed by atoms with E-state index in [0.717, 1.165) is 18.7 Å². The molecule has 0 radical (unpaired) electrons. The highest BCUT2D eigenvalue weighted by atomic mass is 35.5. The number of aliphatic carboxylic acids is 1. The average Bonchev–Trinajstić information content (AvgIpc) is 2.33. The van der Waals surface area contributed by atoms with Crippen LogP contribution in [0.4, 0.5) is 13.2 Å². The van der Waals surface area contributed by atoms with Gasteiger partial charge < -0.3 is 10.4 Å². The van der Waals surface area contributed by atoms with Crippen LogP contribution in [0.5, 0.6) is 0 Å². The first kappa shape index (κ1) is 17.6. The molecule has 21 heavy (non-hydrogen) atoms. The number of amides is 1. The zero-order chi connectivity index (χ0) is 16.2. The van der Waals surface area contributed by atoms with Crippen LogP contribution in [-0.4, -0.2) is 33.8 Å². The van der Waals surface area contributed by atoms with Gasteiger partial charge in [-0.2, -0.15) is 13.2 Å². The maximum atomic E-state index is 12.4. The Hall–Kier alpha value is -1.48. The first-order valence-electron chi connectivity index (χ1n) is 5.46. The van der Waals surface area contributed by atoms with Gasteiger partial charge in [0.25, 0.3) is 0 Å². The van der Waals surface area contributed by atoms with E-state index < -0.39 is 29.7 Å². The molecule has 2 N–H and O–H groups in total. The minimum Gasteiger partial charge on any atom is -0.480 e. The van der Waals surface area contributed by atoms with Gasteiger partial charge in [-0.3, -0.25) is 4.79 Å². The van der Waals surface area contributed by atoms with Crippen LogP contribution in [0.2, 0.25) is 5.02 Å². The predicted octanol–water partition coefficient (Wildman–Crippen LogP) is 2.44. The number of aromatic nitrogens is 1. The molecule has 1 atom stereocenters. The molecule has 5 nitrogen and oxygen atoms in total. The summed E-state index contributed by atoms with van der Waals surface area (Å²) in [5.41, 5.74) is -0.992. The highest BCUT2D eigenvalue weighted by Gasteiger charge is 2.31. The summed E-state index contributed by atoms with van der Waals surface area (Å²) >= 11 is 6.52. The van der Waals surface area contributed by atoms with E-state index >= 15 is 0 Å². The summed E-state index contributed by atoms with van der Waals surface area (Å²) in [4.78, 5) is 25.3. The summed E-state index contributed by atoms with van der Waals surface area (Å²) in [6.45, 7) is 1.16. The van der Waals surface area contributed by atoms with Crippen molar-refractivity contribution in [1.29, 1.82) is 0 Å². The number of pyridine rings is 1. The predicted molar refractivity (Wildman–Crippen MR) is 70.2 cm³/mol. The van der Waals surface area contributed by atoms with Crippen molar-refractivity contribution in [3.8, 4) is 0 Å². The summed E-state index contributed by atoms with van der Waals surface area (Å²) in [6, 6.07) is -0.474. The molecule has 0 aliphatic heterocycles. The lowest BCUT2D eigenvalue weighted by Crippen LogP contribution is -2.41. The standard InChI is InChI=1S/C11H10ClF3N2O3S/c1-5(18)17-8(10(19)20)4-21-9-7(12)2-6(3-16-9)11(13,14)15/h2-3,8H,4H2,1H3,(H,17,18)(H,19,20). The number of thioether (sulfide) groups is 1. The Balaban J connectivity index is 2.79. The number of hydrogen-bond acceptors (Lipinski definition) is 4. The highest BCUT2D eigenvalue weighted by Crippen LogP contribution is 2.33. The third-order valence-corrected chi connectivity index (χ3v) is 3.70. The van der Waals surface area contributed by atoms with Gasteiger partial charge in [-0.15, -0.1) is 11.8 Å². The van der Waals surface area contributed by atoms with Crippen molar-refractivity contribution in [2.75, 3.05) is 5.75 Å². The summed E-state index contributed by atoms with van der Waals surface area (Å²) in [5.74, 6) is -1.91. The van der Waals surface area contributed by atoms with E-state index in [2.05, 4.69) is 10.3 Å². The molecule has 1 amide bonds. The Morgan fingerprint density at radius 3 is 2.57 bits per heavy atom. The normalized spacial score (nSPS) is 12.8. The number of alkyl halides is 3. The minimum absolute atomic E-state index is 0.0567. The van der Waals surface area contributed by atoms with E-state index in [4.69, 9.17) is 16.7 Å². The number of rotatable bonds is 5. The fraction of sp³-hybridized carbons (Fsp3) is 0.364. The molecule has 1 rings (SSSR count). The smallest absolute Gasteiger partial charge is 0.417 e. The molecule has 0 aromatic carbocycles. The zero-order valence-corrected chi connectivity index (χ0v) is 12.1. The highest BCUT2D eigenvalue weighted by molar-refractivity contribution is 7.99. The third kappa shape index (κ3) is 5.43. The fourth-order valence-corrected chi connectivity index (χ4v) is 2.47. The Morgan fingerprint density at radius 2 is 2.14 bits per heavy atom. The van der Waals surface area contributed by atoms with Crippen LogP contribution in [0.1, 0.15) is 12.5 Å². The quantitative estimate of drug-likeness (QED) is 0.803. The summed E-state index contributed by atoms with van der Waals surface area (Å²) in [7, 11) is 0. The molecule has 0 fully saturated rings. The number of halogens is 4. The van der Waals surface area contributed by atoms with E-state index in [9.17, 15) is 22.8 Å². The monoisotopic (exact) mass is 342 g/mol. The van der Waals surface area contributed by atoms with Gasteiger partial charge in [-0.25, -0.2) is 9.78 Å². The van der Waals surface area contributed by atoms with Crippen molar-refractivity contribution in [3.63, 3.8) is 0 Å². The van der Waals surface area contributed by atoms with Gasteiger partial charge in [0.05, 0.1) is 10.6 Å². The molecule has 0 aliphatic rings. The molecule has 0 saturated carbocycles. The molecule has 0 spiro atoms. The van der Waals surface area contributed by atoms with E-state index in [0.29, 0.717) is 12.3 Å². The number of carbonyl (C=O) groups excluding carboxylic acids is 1. The van der Waals surface area contributed by atoms with Gasteiger partial charge in [-0.05, 0) is 6.07 Å².